The van der Waals surface area contributed by atoms with Gasteiger partial charge in [0.05, 0.1) is 4.90 Å². The number of nitrogens with zero attached hydrogens (tertiary/aromatic N) is 4. The Morgan fingerprint density at radius 1 is 1.16 bits per heavy atom. The second-order valence-electron chi connectivity index (χ2n) is 6.89. The molecule has 4 aromatic rings. The second-order valence-corrected chi connectivity index (χ2v) is 10.1. The molecule has 0 aliphatic rings. The van der Waals surface area contributed by atoms with Crippen LogP contribution in [0.3, 0.4) is 0 Å². The molecule has 160 valence electrons. The van der Waals surface area contributed by atoms with Crippen molar-refractivity contribution in [3.8, 4) is 0 Å². The average Bonchev–Trinajstić information content (AvgIpc) is 3.20. The third-order valence-electron chi connectivity index (χ3n) is 4.61. The van der Waals surface area contributed by atoms with Crippen LogP contribution in [-0.2, 0) is 16.4 Å². The predicted octanol–water partition coefficient (Wildman–Crippen LogP) is 4.99. The fourth-order valence-electron chi connectivity index (χ4n) is 3.15. The Hall–Kier alpha value is -2.62. The van der Waals surface area contributed by atoms with Gasteiger partial charge in [0.25, 0.3) is 15.8 Å². The molecule has 0 aliphatic heterocycles. The van der Waals surface area contributed by atoms with E-state index in [9.17, 15) is 8.42 Å². The number of nitrogens with one attached hydrogen (secondary N) is 1. The molecule has 1 N–H and O–H groups in total. The first kappa shape index (κ1) is 21.6. The Morgan fingerprint density at radius 2 is 1.94 bits per heavy atom. The fourth-order valence-corrected chi connectivity index (χ4v) is 5.59. The highest BCUT2D eigenvalue weighted by Gasteiger charge is 2.17. The van der Waals surface area contributed by atoms with Gasteiger partial charge >= 0.3 is 0 Å². The third kappa shape index (κ3) is 4.68. The van der Waals surface area contributed by atoms with Crippen molar-refractivity contribution in [2.45, 2.75) is 41.5 Å². The lowest BCUT2D eigenvalue weighted by Gasteiger charge is -2.13. The Kier molecular flexibility index (Phi) is 6.17. The molecule has 2 aromatic carbocycles. The molecule has 0 radical (unpaired) electrons. The lowest BCUT2D eigenvalue weighted by Crippen LogP contribution is -2.12. The monoisotopic (exact) mass is 473 g/mol. The molecule has 7 nitrogen and oxygen atoms in total. The Labute approximate surface area is 189 Å². The zero-order valence-corrected chi connectivity index (χ0v) is 19.3. The number of aromatic nitrogens is 4. The number of halogens is 1. The zero-order valence-electron chi connectivity index (χ0n) is 16.9. The summed E-state index contributed by atoms with van der Waals surface area (Å²) in [6, 6.07) is 13.4. The van der Waals surface area contributed by atoms with Crippen LogP contribution in [0, 0.1) is 6.92 Å². The van der Waals surface area contributed by atoms with Gasteiger partial charge in [-0.3, -0.25) is 4.72 Å². The van der Waals surface area contributed by atoms with E-state index >= 15 is 0 Å². The van der Waals surface area contributed by atoms with Crippen LogP contribution >= 0.6 is 23.4 Å². The molecule has 0 amide bonds. The maximum atomic E-state index is 12.6. The minimum Gasteiger partial charge on any atom is -0.280 e. The van der Waals surface area contributed by atoms with Gasteiger partial charge in [0.15, 0.2) is 0 Å². The van der Waals surface area contributed by atoms with Crippen LogP contribution in [0.2, 0.25) is 5.02 Å². The van der Waals surface area contributed by atoms with E-state index in [-0.39, 0.29) is 4.90 Å². The standard InChI is InChI=1S/C21H20ClN5O2S2/c1-3-5-19-14(2)25-21-23-13-24-27(21)20(19)30-17-10-8-16(9-11-17)26-31(28,29)18-7-4-6-15(22)12-18/h4,6-13,26H,3,5H2,1-2H3. The number of rotatable bonds is 7. The summed E-state index contributed by atoms with van der Waals surface area (Å²) in [5.41, 5.74) is 2.54. The summed E-state index contributed by atoms with van der Waals surface area (Å²) in [5, 5.41) is 5.66. The molecule has 0 aliphatic carbocycles. The van der Waals surface area contributed by atoms with Crippen molar-refractivity contribution in [2.75, 3.05) is 4.72 Å². The largest absolute Gasteiger partial charge is 0.280 e. The van der Waals surface area contributed by atoms with E-state index in [1.165, 1.54) is 18.5 Å². The highest BCUT2D eigenvalue weighted by molar-refractivity contribution is 7.99. The number of fused-ring (bicyclic) bond motifs is 1. The molecule has 4 rings (SSSR count). The van der Waals surface area contributed by atoms with Crippen molar-refractivity contribution in [3.05, 3.63) is 71.1 Å². The van der Waals surface area contributed by atoms with Gasteiger partial charge in [-0.25, -0.2) is 13.4 Å². The molecule has 0 atom stereocenters. The van der Waals surface area contributed by atoms with E-state index in [0.29, 0.717) is 16.5 Å². The van der Waals surface area contributed by atoms with Gasteiger partial charge in [-0.1, -0.05) is 42.8 Å². The SMILES string of the molecule is CCCc1c(C)nc2ncnn2c1Sc1ccc(NS(=O)(=O)c2cccc(Cl)c2)cc1. The smallest absolute Gasteiger partial charge is 0.261 e. The minimum absolute atomic E-state index is 0.114. The third-order valence-corrected chi connectivity index (χ3v) is 7.35. The maximum Gasteiger partial charge on any atom is 0.261 e. The number of sulfonamides is 1. The molecule has 0 spiro atoms. The molecule has 2 heterocycles. The molecule has 0 saturated carbocycles. The number of benzene rings is 2. The molecule has 2 aromatic heterocycles. The van der Waals surface area contributed by atoms with Crippen LogP contribution in [0.1, 0.15) is 24.6 Å². The van der Waals surface area contributed by atoms with Crippen LogP contribution in [0.15, 0.2) is 69.7 Å². The summed E-state index contributed by atoms with van der Waals surface area (Å²) in [4.78, 5) is 9.81. The van der Waals surface area contributed by atoms with Crippen molar-refractivity contribution in [3.63, 3.8) is 0 Å². The average molecular weight is 474 g/mol. The number of anilines is 1. The summed E-state index contributed by atoms with van der Waals surface area (Å²) in [6.45, 7) is 4.11. The molecule has 0 bridgehead atoms. The fraction of sp³-hybridized carbons (Fsp3) is 0.190. The summed E-state index contributed by atoms with van der Waals surface area (Å²) < 4.78 is 29.5. The van der Waals surface area contributed by atoms with Crippen molar-refractivity contribution < 1.29 is 8.42 Å². The van der Waals surface area contributed by atoms with Gasteiger partial charge in [0.2, 0.25) is 0 Å². The van der Waals surface area contributed by atoms with Gasteiger partial charge in [-0.05, 0) is 55.8 Å². The normalized spacial score (nSPS) is 11.7. The van der Waals surface area contributed by atoms with E-state index < -0.39 is 10.0 Å². The minimum atomic E-state index is -3.72. The summed E-state index contributed by atoms with van der Waals surface area (Å²) in [7, 11) is -3.72. The summed E-state index contributed by atoms with van der Waals surface area (Å²) >= 11 is 7.47. The molecular formula is C21H20ClN5O2S2. The van der Waals surface area contributed by atoms with Crippen molar-refractivity contribution >= 4 is 44.9 Å². The number of aryl methyl sites for hydroxylation is 1. The summed E-state index contributed by atoms with van der Waals surface area (Å²) in [5.74, 6) is 0.561. The van der Waals surface area contributed by atoms with Crippen molar-refractivity contribution in [1.29, 1.82) is 0 Å². The first-order valence-corrected chi connectivity index (χ1v) is 12.3. The van der Waals surface area contributed by atoms with Crippen LogP contribution in [-0.4, -0.2) is 28.0 Å². The van der Waals surface area contributed by atoms with E-state index in [1.54, 1.807) is 40.5 Å². The Morgan fingerprint density at radius 3 is 2.65 bits per heavy atom. The van der Waals surface area contributed by atoms with E-state index in [1.807, 2.05) is 19.1 Å². The molecule has 0 saturated heterocycles. The summed E-state index contributed by atoms with van der Waals surface area (Å²) in [6.07, 6.45) is 3.37. The van der Waals surface area contributed by atoms with E-state index in [4.69, 9.17) is 11.6 Å². The highest BCUT2D eigenvalue weighted by atomic mass is 35.5. The second kappa shape index (κ2) is 8.86. The van der Waals surface area contributed by atoms with E-state index in [0.717, 1.165) is 34.0 Å². The lowest BCUT2D eigenvalue weighted by atomic mass is 10.1. The molecule has 0 unspecified atom stereocenters. The quantitative estimate of drug-likeness (QED) is 0.380. The molecular weight excluding hydrogens is 454 g/mol. The van der Waals surface area contributed by atoms with Crippen LogP contribution in [0.25, 0.3) is 5.78 Å². The van der Waals surface area contributed by atoms with Crippen molar-refractivity contribution in [1.82, 2.24) is 19.6 Å². The molecule has 31 heavy (non-hydrogen) atoms. The zero-order chi connectivity index (χ0) is 22.0. The predicted molar refractivity (Wildman–Crippen MR) is 122 cm³/mol. The van der Waals surface area contributed by atoms with Crippen molar-refractivity contribution in [2.24, 2.45) is 0 Å². The number of hydrogen-bond donors (Lipinski definition) is 1. The molecule has 0 fully saturated rings. The number of hydrogen-bond acceptors (Lipinski definition) is 6. The first-order chi connectivity index (χ1) is 14.9. The Balaban J connectivity index is 1.60. The van der Waals surface area contributed by atoms with Crippen LogP contribution in [0.5, 0.6) is 0 Å². The topological polar surface area (TPSA) is 89.2 Å². The first-order valence-electron chi connectivity index (χ1n) is 9.63. The lowest BCUT2D eigenvalue weighted by molar-refractivity contribution is 0.601. The van der Waals surface area contributed by atoms with Gasteiger partial charge < -0.3 is 0 Å². The van der Waals surface area contributed by atoms with Crippen LogP contribution in [0.4, 0.5) is 5.69 Å². The van der Waals surface area contributed by atoms with Gasteiger partial charge in [-0.15, -0.1) is 0 Å². The van der Waals surface area contributed by atoms with Gasteiger partial charge in [-0.2, -0.15) is 14.6 Å². The highest BCUT2D eigenvalue weighted by Crippen LogP contribution is 2.33. The van der Waals surface area contributed by atoms with Crippen LogP contribution < -0.4 is 4.72 Å². The Bertz CT molecular complexity index is 1340. The van der Waals surface area contributed by atoms with Gasteiger partial charge in [0.1, 0.15) is 11.4 Å². The molecule has 10 heteroatoms. The van der Waals surface area contributed by atoms with E-state index in [2.05, 4.69) is 26.7 Å². The van der Waals surface area contributed by atoms with Gasteiger partial charge in [0, 0.05) is 26.9 Å². The maximum absolute atomic E-state index is 12.6.